The van der Waals surface area contributed by atoms with Crippen molar-refractivity contribution in [1.82, 2.24) is 19.7 Å². The Bertz CT molecular complexity index is 1300. The number of rotatable bonds is 5. The van der Waals surface area contributed by atoms with E-state index in [1.54, 1.807) is 17.7 Å². The highest BCUT2D eigenvalue weighted by Gasteiger charge is 2.69. The van der Waals surface area contributed by atoms with Gasteiger partial charge >= 0.3 is 6.18 Å². The van der Waals surface area contributed by atoms with Gasteiger partial charge in [-0.15, -0.1) is 17.7 Å². The molecule has 184 valence electrons. The molecule has 0 amide bonds. The standard InChI is InChI=1S/C24H24F4N6S/c1-12(29)5-19(35)33-10-18-20(17-9-23(17,18)11-33)30-22-31-21-16(3-2-4-34(21)32-22)13-6-14(24(26,27)28)8-15(25)7-13/h5-9,16,18,20,29,35H,2-4,10-11H2,1H3,(H,30,32)/b19-5-,29-12?/t16?,18-,20+,23?/m0/s1. The molecule has 2 unspecified atom stereocenters. The zero-order valence-corrected chi connectivity index (χ0v) is 19.8. The summed E-state index contributed by atoms with van der Waals surface area (Å²) in [6.45, 7) is 3.99. The van der Waals surface area contributed by atoms with E-state index in [9.17, 15) is 17.6 Å². The molecule has 35 heavy (non-hydrogen) atoms. The topological polar surface area (TPSA) is 69.8 Å². The highest BCUT2D eigenvalue weighted by Crippen LogP contribution is 2.68. The molecule has 4 atom stereocenters. The van der Waals surface area contributed by atoms with Gasteiger partial charge in [0.1, 0.15) is 11.6 Å². The van der Waals surface area contributed by atoms with Gasteiger partial charge in [-0.25, -0.2) is 9.07 Å². The second-order valence-corrected chi connectivity index (χ2v) is 10.4. The summed E-state index contributed by atoms with van der Waals surface area (Å²) in [7, 11) is 0. The minimum absolute atomic E-state index is 0.0901. The summed E-state index contributed by atoms with van der Waals surface area (Å²) < 4.78 is 55.5. The fourth-order valence-corrected chi connectivity index (χ4v) is 6.33. The van der Waals surface area contributed by atoms with Gasteiger partial charge in [0, 0.05) is 42.6 Å². The maximum absolute atomic E-state index is 14.1. The second-order valence-electron chi connectivity index (χ2n) is 9.92. The Balaban J connectivity index is 1.22. The van der Waals surface area contributed by atoms with Gasteiger partial charge in [0.2, 0.25) is 5.95 Å². The van der Waals surface area contributed by atoms with Crippen LogP contribution >= 0.6 is 12.6 Å². The molecule has 6 rings (SSSR count). The predicted molar refractivity (Wildman–Crippen MR) is 126 cm³/mol. The number of likely N-dealkylation sites (tertiary alicyclic amines) is 1. The summed E-state index contributed by atoms with van der Waals surface area (Å²) in [6, 6.07) is 2.80. The van der Waals surface area contributed by atoms with Crippen LogP contribution in [0.25, 0.3) is 0 Å². The van der Waals surface area contributed by atoms with Crippen LogP contribution in [0.3, 0.4) is 0 Å². The number of alkyl halides is 3. The van der Waals surface area contributed by atoms with Crippen LogP contribution in [0.15, 0.2) is 41.0 Å². The third-order valence-electron chi connectivity index (χ3n) is 7.61. The number of nitrogens with zero attached hydrogens (tertiary/aromatic N) is 4. The zero-order valence-electron chi connectivity index (χ0n) is 18.9. The second kappa shape index (κ2) is 7.59. The fourth-order valence-electron chi connectivity index (χ4n) is 5.98. The molecule has 4 aliphatic rings. The third kappa shape index (κ3) is 3.66. The Morgan fingerprint density at radius 3 is 2.86 bits per heavy atom. The first-order chi connectivity index (χ1) is 16.5. The van der Waals surface area contributed by atoms with Gasteiger partial charge in [-0.05, 0) is 55.2 Å². The first-order valence-electron chi connectivity index (χ1n) is 11.6. The summed E-state index contributed by atoms with van der Waals surface area (Å²) in [5.74, 6) is -0.0117. The quantitative estimate of drug-likeness (QED) is 0.236. The molecular weight excluding hydrogens is 480 g/mol. The Hall–Kier alpha value is -2.82. The van der Waals surface area contributed by atoms with Crippen LogP contribution in [0, 0.1) is 22.6 Å². The number of nitrogens with one attached hydrogen (secondary N) is 2. The van der Waals surface area contributed by atoms with Crippen LogP contribution in [-0.4, -0.2) is 44.5 Å². The van der Waals surface area contributed by atoms with Crippen molar-refractivity contribution >= 4 is 24.3 Å². The Kier molecular flexibility index (Phi) is 4.91. The molecule has 2 aliphatic carbocycles. The lowest BCUT2D eigenvalue weighted by molar-refractivity contribution is -0.137. The molecule has 11 heteroatoms. The molecule has 1 saturated heterocycles. The fraction of sp³-hybridized carbons (Fsp3) is 0.458. The van der Waals surface area contributed by atoms with Crippen molar-refractivity contribution in [2.45, 2.75) is 44.4 Å². The highest BCUT2D eigenvalue weighted by atomic mass is 32.1. The highest BCUT2D eigenvalue weighted by molar-refractivity contribution is 7.84. The van der Waals surface area contributed by atoms with E-state index in [-0.39, 0.29) is 17.0 Å². The lowest BCUT2D eigenvalue weighted by Crippen LogP contribution is -2.46. The molecule has 0 bridgehead atoms. The molecule has 3 heterocycles. The maximum Gasteiger partial charge on any atom is 0.416 e. The van der Waals surface area contributed by atoms with E-state index in [1.165, 1.54) is 11.6 Å². The number of halogens is 4. The van der Waals surface area contributed by atoms with Crippen LogP contribution < -0.4 is 5.32 Å². The van der Waals surface area contributed by atoms with E-state index in [2.05, 4.69) is 39.0 Å². The number of allylic oxidation sites excluding steroid dienone is 1. The molecule has 2 N–H and O–H groups in total. The largest absolute Gasteiger partial charge is 0.416 e. The van der Waals surface area contributed by atoms with Crippen molar-refractivity contribution in [3.63, 3.8) is 0 Å². The third-order valence-corrected chi connectivity index (χ3v) is 8.03. The van der Waals surface area contributed by atoms with Crippen molar-refractivity contribution in [2.24, 2.45) is 11.3 Å². The van der Waals surface area contributed by atoms with Crippen LogP contribution in [0.2, 0.25) is 0 Å². The SMILES string of the molecule is CC(=N)/C=C(\S)N1C[C@H]2[C@H](Nc3nc4n(n3)CCCC4c3cc(F)cc(C(F)(F)F)c3)C3=CC32C1. The van der Waals surface area contributed by atoms with Crippen molar-refractivity contribution in [3.05, 3.63) is 63.7 Å². The summed E-state index contributed by atoms with van der Waals surface area (Å²) in [5, 5.41) is 16.5. The van der Waals surface area contributed by atoms with Gasteiger partial charge in [0.15, 0.2) is 0 Å². The number of aryl methyl sites for hydroxylation is 1. The first kappa shape index (κ1) is 22.6. The lowest BCUT2D eigenvalue weighted by Gasteiger charge is -2.38. The van der Waals surface area contributed by atoms with Gasteiger partial charge in [-0.3, -0.25) is 0 Å². The molecule has 2 aromatic rings. The van der Waals surface area contributed by atoms with Crippen LogP contribution in [0.4, 0.5) is 23.5 Å². The number of hydrogen-bond donors (Lipinski definition) is 3. The molecule has 1 aromatic heterocycles. The van der Waals surface area contributed by atoms with Crippen LogP contribution in [-0.2, 0) is 12.7 Å². The minimum Gasteiger partial charge on any atom is -0.365 e. The Morgan fingerprint density at radius 2 is 2.11 bits per heavy atom. The number of anilines is 1. The lowest BCUT2D eigenvalue weighted by atomic mass is 9.69. The van der Waals surface area contributed by atoms with E-state index in [1.807, 2.05) is 0 Å². The number of hydrogen-bond acceptors (Lipinski definition) is 6. The molecule has 1 spiro atoms. The smallest absolute Gasteiger partial charge is 0.365 e. The Morgan fingerprint density at radius 1 is 1.31 bits per heavy atom. The van der Waals surface area contributed by atoms with Crippen molar-refractivity contribution in [1.29, 1.82) is 5.41 Å². The molecule has 1 saturated carbocycles. The van der Waals surface area contributed by atoms with Crippen LogP contribution in [0.1, 0.15) is 42.6 Å². The maximum atomic E-state index is 14.1. The van der Waals surface area contributed by atoms with Gasteiger partial charge in [0.05, 0.1) is 16.6 Å². The average Bonchev–Trinajstić information content (AvgIpc) is 3.05. The van der Waals surface area contributed by atoms with E-state index >= 15 is 0 Å². The number of thiol groups is 1. The summed E-state index contributed by atoms with van der Waals surface area (Å²) in [4.78, 5) is 6.83. The van der Waals surface area contributed by atoms with E-state index in [0.29, 0.717) is 42.4 Å². The van der Waals surface area contributed by atoms with E-state index in [0.717, 1.165) is 30.6 Å². The van der Waals surface area contributed by atoms with Crippen molar-refractivity contribution in [3.8, 4) is 0 Å². The van der Waals surface area contributed by atoms with Gasteiger partial charge in [-0.1, -0.05) is 6.08 Å². The average molecular weight is 505 g/mol. The Labute approximate surface area is 205 Å². The first-order valence-corrected chi connectivity index (χ1v) is 12.0. The summed E-state index contributed by atoms with van der Waals surface area (Å²) in [5.41, 5.74) is 1.14. The van der Waals surface area contributed by atoms with Gasteiger partial charge in [0.25, 0.3) is 0 Å². The molecule has 2 fully saturated rings. The van der Waals surface area contributed by atoms with E-state index < -0.39 is 23.5 Å². The zero-order chi connectivity index (χ0) is 24.7. The van der Waals surface area contributed by atoms with Gasteiger partial charge in [-0.2, -0.15) is 18.2 Å². The van der Waals surface area contributed by atoms with E-state index in [4.69, 9.17) is 5.41 Å². The molecule has 0 radical (unpaired) electrons. The molecule has 2 aliphatic heterocycles. The van der Waals surface area contributed by atoms with Crippen molar-refractivity contribution < 1.29 is 17.6 Å². The number of fused-ring (bicyclic) bond motifs is 1. The molecule has 6 nitrogen and oxygen atoms in total. The number of benzene rings is 1. The summed E-state index contributed by atoms with van der Waals surface area (Å²) in [6.07, 6.45) is 0.707. The van der Waals surface area contributed by atoms with Gasteiger partial charge < -0.3 is 15.6 Å². The minimum atomic E-state index is -4.62. The summed E-state index contributed by atoms with van der Waals surface area (Å²) >= 11 is 4.56. The number of aromatic nitrogens is 3. The van der Waals surface area contributed by atoms with Crippen LogP contribution in [0.5, 0.6) is 0 Å². The molecule has 1 aromatic carbocycles. The monoisotopic (exact) mass is 504 g/mol. The normalized spacial score (nSPS) is 29.1. The predicted octanol–water partition coefficient (Wildman–Crippen LogP) is 4.82. The van der Waals surface area contributed by atoms with Crippen molar-refractivity contribution in [2.75, 3.05) is 18.4 Å². The molecular formula is C24H24F4N6S.